The molecular weight excluding hydrogens is 461 g/mol. The van der Waals surface area contributed by atoms with Crippen LogP contribution < -0.4 is 9.47 Å². The summed E-state index contributed by atoms with van der Waals surface area (Å²) in [6.45, 7) is 5.89. The topological polar surface area (TPSA) is 18.5 Å². The third-order valence-electron chi connectivity index (χ3n) is 5.85. The fourth-order valence-electron chi connectivity index (χ4n) is 3.77. The van der Waals surface area contributed by atoms with Crippen molar-refractivity contribution in [2.75, 3.05) is 6.61 Å². The lowest BCUT2D eigenvalue weighted by Crippen LogP contribution is -2.02. The van der Waals surface area contributed by atoms with Crippen LogP contribution in [0.1, 0.15) is 24.0 Å². The number of aryl methyl sites for hydroxylation is 1. The van der Waals surface area contributed by atoms with Crippen LogP contribution in [-0.4, -0.2) is 6.61 Å². The monoisotopic (exact) mass is 488 g/mol. The van der Waals surface area contributed by atoms with Crippen LogP contribution in [0.25, 0.3) is 22.3 Å². The lowest BCUT2D eigenvalue weighted by molar-refractivity contribution is 0.296. The van der Waals surface area contributed by atoms with Crippen LogP contribution in [0.4, 0.5) is 13.2 Å². The molecule has 0 amide bonds. The molecule has 0 bridgehead atoms. The number of halogens is 3. The van der Waals surface area contributed by atoms with Gasteiger partial charge in [0, 0.05) is 11.1 Å². The van der Waals surface area contributed by atoms with Gasteiger partial charge in [-0.3, -0.25) is 0 Å². The lowest BCUT2D eigenvalue weighted by atomic mass is 10.0. The van der Waals surface area contributed by atoms with Gasteiger partial charge in [0.05, 0.1) is 6.61 Å². The zero-order valence-corrected chi connectivity index (χ0v) is 20.1. The van der Waals surface area contributed by atoms with Crippen molar-refractivity contribution in [3.63, 3.8) is 0 Å². The molecule has 4 rings (SSSR count). The number of benzene rings is 4. The Morgan fingerprint density at radius 2 is 1.44 bits per heavy atom. The first kappa shape index (κ1) is 25.1. The van der Waals surface area contributed by atoms with E-state index in [0.29, 0.717) is 23.5 Å². The van der Waals surface area contributed by atoms with Crippen molar-refractivity contribution in [2.45, 2.75) is 26.4 Å². The van der Waals surface area contributed by atoms with Crippen LogP contribution in [0.2, 0.25) is 0 Å². The highest BCUT2D eigenvalue weighted by atomic mass is 19.2. The lowest BCUT2D eigenvalue weighted by Gasteiger charge is -2.12. The van der Waals surface area contributed by atoms with Crippen LogP contribution in [0, 0.1) is 24.4 Å². The molecule has 0 N–H and O–H groups in total. The molecule has 0 aliphatic carbocycles. The van der Waals surface area contributed by atoms with Crippen molar-refractivity contribution >= 4 is 0 Å². The summed E-state index contributed by atoms with van der Waals surface area (Å²) in [7, 11) is 0. The van der Waals surface area contributed by atoms with Gasteiger partial charge in [-0.1, -0.05) is 66.2 Å². The Morgan fingerprint density at radius 3 is 2.14 bits per heavy atom. The molecule has 4 aromatic rings. The van der Waals surface area contributed by atoms with Crippen molar-refractivity contribution in [1.82, 2.24) is 0 Å². The predicted molar refractivity (Wildman–Crippen MR) is 138 cm³/mol. The summed E-state index contributed by atoms with van der Waals surface area (Å²) in [5.74, 6) is -1.55. The van der Waals surface area contributed by atoms with Crippen LogP contribution in [0.5, 0.6) is 11.5 Å². The van der Waals surface area contributed by atoms with Gasteiger partial charge >= 0.3 is 0 Å². The highest BCUT2D eigenvalue weighted by Crippen LogP contribution is 2.29. The minimum absolute atomic E-state index is 0.122. The van der Waals surface area contributed by atoms with Crippen molar-refractivity contribution in [3.05, 3.63) is 120 Å². The quantitative estimate of drug-likeness (QED) is 0.164. The molecular formula is C31H27F3O2. The third-order valence-corrected chi connectivity index (χ3v) is 5.85. The number of unbranched alkanes of at least 4 members (excludes halogenated alkanes) is 1. The minimum atomic E-state index is -0.924. The van der Waals surface area contributed by atoms with Crippen LogP contribution in [0.3, 0.4) is 0 Å². The third kappa shape index (κ3) is 5.98. The van der Waals surface area contributed by atoms with Crippen LogP contribution in [-0.2, 0) is 6.61 Å². The maximum atomic E-state index is 14.7. The molecule has 0 saturated heterocycles. The highest BCUT2D eigenvalue weighted by molar-refractivity contribution is 5.66. The number of rotatable bonds is 10. The Bertz CT molecular complexity index is 1330. The fraction of sp³-hybridized carbons (Fsp3) is 0.161. The Balaban J connectivity index is 1.40. The van der Waals surface area contributed by atoms with E-state index < -0.39 is 17.5 Å². The van der Waals surface area contributed by atoms with Gasteiger partial charge in [0.25, 0.3) is 0 Å². The molecule has 4 aromatic carbocycles. The molecule has 2 nitrogen and oxygen atoms in total. The Kier molecular flexibility index (Phi) is 8.11. The van der Waals surface area contributed by atoms with Crippen LogP contribution in [0.15, 0.2) is 91.5 Å². The normalized spacial score (nSPS) is 10.8. The van der Waals surface area contributed by atoms with E-state index in [1.807, 2.05) is 19.1 Å². The van der Waals surface area contributed by atoms with Gasteiger partial charge < -0.3 is 9.47 Å². The maximum absolute atomic E-state index is 14.7. The number of hydrogen-bond donors (Lipinski definition) is 0. The molecule has 0 unspecified atom stereocenters. The van der Waals surface area contributed by atoms with E-state index in [1.165, 1.54) is 12.1 Å². The van der Waals surface area contributed by atoms with E-state index >= 15 is 0 Å². The minimum Gasteiger partial charge on any atom is -0.491 e. The van der Waals surface area contributed by atoms with Gasteiger partial charge in [-0.15, -0.1) is 6.58 Å². The first-order valence-electron chi connectivity index (χ1n) is 11.8. The van der Waals surface area contributed by atoms with Gasteiger partial charge in [0.1, 0.15) is 12.4 Å². The van der Waals surface area contributed by atoms with Gasteiger partial charge in [0.2, 0.25) is 0 Å². The second kappa shape index (κ2) is 11.6. The number of allylic oxidation sites excluding steroid dienone is 1. The van der Waals surface area contributed by atoms with Gasteiger partial charge in [0.15, 0.2) is 23.2 Å². The highest BCUT2D eigenvalue weighted by Gasteiger charge is 2.15. The SMILES string of the molecule is C=CCCCOc1ccc(-c2ccc(OCc3ccc(-c4ccc(C)cc4)c(F)c3F)cc2)cc1F. The Hall–Kier alpha value is -3.99. The zero-order chi connectivity index (χ0) is 25.5. The Labute approximate surface area is 209 Å². The first-order valence-corrected chi connectivity index (χ1v) is 11.8. The summed E-state index contributed by atoms with van der Waals surface area (Å²) in [6, 6.07) is 22.2. The number of hydrogen-bond acceptors (Lipinski definition) is 2. The summed E-state index contributed by atoms with van der Waals surface area (Å²) < 4.78 is 55.0. The maximum Gasteiger partial charge on any atom is 0.167 e. The average Bonchev–Trinajstić information content (AvgIpc) is 2.89. The van der Waals surface area contributed by atoms with Crippen molar-refractivity contribution in [2.24, 2.45) is 0 Å². The molecule has 0 fully saturated rings. The zero-order valence-electron chi connectivity index (χ0n) is 20.1. The van der Waals surface area contributed by atoms with Crippen molar-refractivity contribution in [1.29, 1.82) is 0 Å². The molecule has 0 radical (unpaired) electrons. The van der Waals surface area contributed by atoms with E-state index in [4.69, 9.17) is 9.47 Å². The second-order valence-corrected chi connectivity index (χ2v) is 8.50. The average molecular weight is 489 g/mol. The van der Waals surface area contributed by atoms with Crippen molar-refractivity contribution in [3.8, 4) is 33.8 Å². The standard InChI is InChI=1S/C31H27F3O2/c1-3-4-5-18-35-29-17-13-24(19-28(29)32)22-10-14-26(15-11-22)36-20-25-12-16-27(31(34)30(25)33)23-8-6-21(2)7-9-23/h3,6-17,19H,1,4-5,18,20H2,2H3. The first-order chi connectivity index (χ1) is 17.5. The molecule has 0 aliphatic rings. The van der Waals surface area contributed by atoms with Crippen molar-refractivity contribution < 1.29 is 22.6 Å². The number of ether oxygens (including phenoxy) is 2. The molecule has 0 aromatic heterocycles. The molecule has 0 heterocycles. The van der Waals surface area contributed by atoms with Gasteiger partial charge in [-0.05, 0) is 60.7 Å². The molecule has 0 aliphatic heterocycles. The molecule has 0 saturated carbocycles. The van der Waals surface area contributed by atoms with E-state index in [9.17, 15) is 13.2 Å². The summed E-state index contributed by atoms with van der Waals surface area (Å²) >= 11 is 0. The van der Waals surface area contributed by atoms with E-state index in [2.05, 4.69) is 6.58 Å². The molecule has 5 heteroatoms. The predicted octanol–water partition coefficient (Wildman–Crippen LogP) is 8.67. The van der Waals surface area contributed by atoms with Crippen LogP contribution >= 0.6 is 0 Å². The molecule has 0 spiro atoms. The van der Waals surface area contributed by atoms with E-state index in [-0.39, 0.29) is 23.5 Å². The summed E-state index contributed by atoms with van der Waals surface area (Å²) in [6.07, 6.45) is 3.39. The fourth-order valence-corrected chi connectivity index (χ4v) is 3.77. The molecule has 0 atom stereocenters. The Morgan fingerprint density at radius 1 is 0.750 bits per heavy atom. The summed E-state index contributed by atoms with van der Waals surface area (Å²) in [5.41, 5.74) is 3.47. The second-order valence-electron chi connectivity index (χ2n) is 8.50. The van der Waals surface area contributed by atoms with E-state index in [1.54, 1.807) is 60.7 Å². The molecule has 184 valence electrons. The summed E-state index contributed by atoms with van der Waals surface area (Å²) in [4.78, 5) is 0. The summed E-state index contributed by atoms with van der Waals surface area (Å²) in [5, 5.41) is 0. The van der Waals surface area contributed by atoms with Gasteiger partial charge in [-0.2, -0.15) is 0 Å². The molecule has 36 heavy (non-hydrogen) atoms. The smallest absolute Gasteiger partial charge is 0.167 e. The van der Waals surface area contributed by atoms with Gasteiger partial charge in [-0.25, -0.2) is 13.2 Å². The largest absolute Gasteiger partial charge is 0.491 e. The van der Waals surface area contributed by atoms with E-state index in [0.717, 1.165) is 24.0 Å².